The number of rotatable bonds is 3. The number of methoxy groups -OCH3 is 1. The first-order valence-electron chi connectivity index (χ1n) is 6.73. The van der Waals surface area contributed by atoms with Crippen molar-refractivity contribution in [2.45, 2.75) is 63.1 Å². The molecular weight excluding hydrogens is 218 g/mol. The first kappa shape index (κ1) is 12.8. The summed E-state index contributed by atoms with van der Waals surface area (Å²) >= 11 is 0. The van der Waals surface area contributed by atoms with Gasteiger partial charge < -0.3 is 9.84 Å². The van der Waals surface area contributed by atoms with Crippen LogP contribution in [0.4, 0.5) is 0 Å². The van der Waals surface area contributed by atoms with Crippen LogP contribution < -0.4 is 0 Å². The Labute approximate surface area is 103 Å². The molecule has 1 saturated heterocycles. The highest BCUT2D eigenvalue weighted by Crippen LogP contribution is 2.29. The van der Waals surface area contributed by atoms with Gasteiger partial charge in [0.05, 0.1) is 6.10 Å². The molecule has 17 heavy (non-hydrogen) atoms. The van der Waals surface area contributed by atoms with Crippen molar-refractivity contribution < 1.29 is 14.6 Å². The van der Waals surface area contributed by atoms with Gasteiger partial charge in [0, 0.05) is 13.2 Å². The molecule has 0 amide bonds. The van der Waals surface area contributed by atoms with Crippen molar-refractivity contribution in [3.05, 3.63) is 0 Å². The fraction of sp³-hybridized carbons (Fsp3) is 0.923. The molecular formula is C13H23NO3. The molecule has 98 valence electrons. The van der Waals surface area contributed by atoms with Crippen LogP contribution in [0, 0.1) is 0 Å². The van der Waals surface area contributed by atoms with E-state index in [1.807, 2.05) is 0 Å². The first-order chi connectivity index (χ1) is 8.22. The van der Waals surface area contributed by atoms with E-state index in [2.05, 4.69) is 4.90 Å². The molecule has 0 radical (unpaired) electrons. The van der Waals surface area contributed by atoms with Crippen molar-refractivity contribution in [3.8, 4) is 0 Å². The van der Waals surface area contributed by atoms with Crippen molar-refractivity contribution in [2.75, 3.05) is 13.7 Å². The zero-order valence-corrected chi connectivity index (χ0v) is 10.6. The van der Waals surface area contributed by atoms with Crippen molar-refractivity contribution in [1.82, 2.24) is 4.90 Å². The third-order valence-electron chi connectivity index (χ3n) is 4.23. The molecule has 2 fully saturated rings. The number of carboxylic acids is 1. The SMILES string of the molecule is COC1CCCC(N2CCCCC2C(=O)O)C1. The van der Waals surface area contributed by atoms with Crippen LogP contribution in [0.15, 0.2) is 0 Å². The maximum absolute atomic E-state index is 11.3. The van der Waals surface area contributed by atoms with E-state index in [0.717, 1.165) is 51.5 Å². The molecule has 1 saturated carbocycles. The number of hydrogen-bond acceptors (Lipinski definition) is 3. The molecule has 3 unspecified atom stereocenters. The molecule has 2 aliphatic rings. The van der Waals surface area contributed by atoms with Gasteiger partial charge in [0.1, 0.15) is 6.04 Å². The van der Waals surface area contributed by atoms with Gasteiger partial charge in [-0.3, -0.25) is 9.69 Å². The number of carboxylic acid groups (broad SMARTS) is 1. The fourth-order valence-electron chi connectivity index (χ4n) is 3.29. The molecule has 2 rings (SSSR count). The first-order valence-corrected chi connectivity index (χ1v) is 6.73. The van der Waals surface area contributed by atoms with Crippen LogP contribution in [0.3, 0.4) is 0 Å². The van der Waals surface area contributed by atoms with Gasteiger partial charge in [-0.05, 0) is 45.1 Å². The molecule has 1 aliphatic carbocycles. The van der Waals surface area contributed by atoms with Crippen molar-refractivity contribution >= 4 is 5.97 Å². The lowest BCUT2D eigenvalue weighted by Gasteiger charge is -2.42. The van der Waals surface area contributed by atoms with E-state index >= 15 is 0 Å². The molecule has 0 aromatic rings. The summed E-state index contributed by atoms with van der Waals surface area (Å²) in [5.74, 6) is -0.649. The van der Waals surface area contributed by atoms with Crippen molar-refractivity contribution in [2.24, 2.45) is 0 Å². The Morgan fingerprint density at radius 2 is 2.06 bits per heavy atom. The van der Waals surface area contributed by atoms with Gasteiger partial charge in [-0.15, -0.1) is 0 Å². The number of carbonyl (C=O) groups is 1. The Morgan fingerprint density at radius 1 is 1.24 bits per heavy atom. The van der Waals surface area contributed by atoms with E-state index in [-0.39, 0.29) is 6.04 Å². The third-order valence-corrected chi connectivity index (χ3v) is 4.23. The van der Waals surface area contributed by atoms with Gasteiger partial charge in [0.25, 0.3) is 0 Å². The van der Waals surface area contributed by atoms with Gasteiger partial charge in [0.15, 0.2) is 0 Å². The minimum absolute atomic E-state index is 0.260. The highest BCUT2D eigenvalue weighted by atomic mass is 16.5. The summed E-state index contributed by atoms with van der Waals surface area (Å²) in [4.78, 5) is 13.5. The van der Waals surface area contributed by atoms with Crippen LogP contribution in [0.2, 0.25) is 0 Å². The lowest BCUT2D eigenvalue weighted by Crippen LogP contribution is -2.52. The standard InChI is InChI=1S/C13H23NO3/c1-17-11-6-4-5-10(9-11)14-8-3-2-7-12(14)13(15)16/h10-12H,2-9H2,1H3,(H,15,16). The average Bonchev–Trinajstić information content (AvgIpc) is 2.39. The van der Waals surface area contributed by atoms with Crippen LogP contribution in [0.1, 0.15) is 44.9 Å². The molecule has 3 atom stereocenters. The van der Waals surface area contributed by atoms with Crippen LogP contribution in [0.5, 0.6) is 0 Å². The Bertz CT molecular complexity index is 269. The molecule has 4 nitrogen and oxygen atoms in total. The summed E-state index contributed by atoms with van der Waals surface area (Å²) in [7, 11) is 1.76. The Morgan fingerprint density at radius 3 is 2.76 bits per heavy atom. The second kappa shape index (κ2) is 5.83. The smallest absolute Gasteiger partial charge is 0.320 e. The molecule has 0 aromatic carbocycles. The van der Waals surface area contributed by atoms with Crippen molar-refractivity contribution in [3.63, 3.8) is 0 Å². The summed E-state index contributed by atoms with van der Waals surface area (Å²) in [6, 6.07) is 0.152. The van der Waals surface area contributed by atoms with Gasteiger partial charge >= 0.3 is 5.97 Å². The normalized spacial score (nSPS) is 35.7. The summed E-state index contributed by atoms with van der Waals surface area (Å²) in [5.41, 5.74) is 0. The zero-order chi connectivity index (χ0) is 12.3. The Balaban J connectivity index is 2.00. The van der Waals surface area contributed by atoms with E-state index in [1.165, 1.54) is 0 Å². The number of aliphatic carboxylic acids is 1. The van der Waals surface area contributed by atoms with Gasteiger partial charge in [-0.2, -0.15) is 0 Å². The minimum Gasteiger partial charge on any atom is -0.480 e. The average molecular weight is 241 g/mol. The van der Waals surface area contributed by atoms with Gasteiger partial charge in [-0.25, -0.2) is 0 Å². The molecule has 4 heteroatoms. The van der Waals surface area contributed by atoms with Crippen LogP contribution in [-0.4, -0.2) is 47.8 Å². The van der Waals surface area contributed by atoms with E-state index in [0.29, 0.717) is 12.1 Å². The second-order valence-corrected chi connectivity index (χ2v) is 5.27. The Kier molecular flexibility index (Phi) is 4.40. The molecule has 1 aliphatic heterocycles. The number of ether oxygens (including phenoxy) is 1. The molecule has 1 N–H and O–H groups in total. The van der Waals surface area contributed by atoms with Crippen LogP contribution in [0.25, 0.3) is 0 Å². The number of piperidine rings is 1. The lowest BCUT2D eigenvalue weighted by molar-refractivity contribution is -0.146. The summed E-state index contributed by atoms with van der Waals surface area (Å²) in [6.07, 6.45) is 7.73. The molecule has 0 aromatic heterocycles. The third kappa shape index (κ3) is 2.99. The molecule has 1 heterocycles. The number of nitrogens with zero attached hydrogens (tertiary/aromatic N) is 1. The van der Waals surface area contributed by atoms with E-state index < -0.39 is 5.97 Å². The molecule has 0 spiro atoms. The quantitative estimate of drug-likeness (QED) is 0.819. The van der Waals surface area contributed by atoms with Gasteiger partial charge in [0.2, 0.25) is 0 Å². The summed E-state index contributed by atoms with van der Waals surface area (Å²) in [6.45, 7) is 0.943. The second-order valence-electron chi connectivity index (χ2n) is 5.27. The highest BCUT2D eigenvalue weighted by molar-refractivity contribution is 5.73. The Hall–Kier alpha value is -0.610. The van der Waals surface area contributed by atoms with E-state index in [9.17, 15) is 9.90 Å². The number of likely N-dealkylation sites (tertiary alicyclic amines) is 1. The predicted octanol–water partition coefficient (Wildman–Crippen LogP) is 1.88. The lowest BCUT2D eigenvalue weighted by atomic mass is 9.88. The van der Waals surface area contributed by atoms with Crippen LogP contribution in [-0.2, 0) is 9.53 Å². The largest absolute Gasteiger partial charge is 0.480 e. The predicted molar refractivity (Wildman–Crippen MR) is 65.0 cm³/mol. The zero-order valence-electron chi connectivity index (χ0n) is 10.6. The topological polar surface area (TPSA) is 49.8 Å². The fourth-order valence-corrected chi connectivity index (χ4v) is 3.29. The summed E-state index contributed by atoms with van der Waals surface area (Å²) in [5, 5.41) is 9.29. The highest BCUT2D eigenvalue weighted by Gasteiger charge is 2.35. The van der Waals surface area contributed by atoms with Crippen molar-refractivity contribution in [1.29, 1.82) is 0 Å². The molecule has 0 bridgehead atoms. The van der Waals surface area contributed by atoms with E-state index in [4.69, 9.17) is 4.74 Å². The maximum Gasteiger partial charge on any atom is 0.320 e. The minimum atomic E-state index is -0.649. The maximum atomic E-state index is 11.3. The monoisotopic (exact) mass is 241 g/mol. The number of hydrogen-bond donors (Lipinski definition) is 1. The van der Waals surface area contributed by atoms with Gasteiger partial charge in [-0.1, -0.05) is 6.42 Å². The summed E-state index contributed by atoms with van der Waals surface area (Å²) < 4.78 is 5.43. The van der Waals surface area contributed by atoms with E-state index in [1.54, 1.807) is 7.11 Å². The van der Waals surface area contributed by atoms with Crippen LogP contribution >= 0.6 is 0 Å².